The number of rotatable bonds is 4. The van der Waals surface area contributed by atoms with E-state index >= 15 is 0 Å². The number of hydrogen-bond acceptors (Lipinski definition) is 4. The topological polar surface area (TPSA) is 68.4 Å². The summed E-state index contributed by atoms with van der Waals surface area (Å²) in [6.45, 7) is 0. The van der Waals surface area contributed by atoms with E-state index < -0.39 is 0 Å². The van der Waals surface area contributed by atoms with Gasteiger partial charge in [-0.05, 0) is 67.9 Å². The van der Waals surface area contributed by atoms with Crippen LogP contribution in [-0.4, -0.2) is 29.3 Å². The minimum atomic E-state index is -0.315. The zero-order valence-electron chi connectivity index (χ0n) is 13.0. The van der Waals surface area contributed by atoms with Gasteiger partial charge in [0.15, 0.2) is 0 Å². The molecule has 0 spiro atoms. The molecule has 1 aliphatic rings. The maximum Gasteiger partial charge on any atom is 0.119 e. The van der Waals surface area contributed by atoms with Crippen LogP contribution in [0.15, 0.2) is 30.5 Å². The molecule has 1 aromatic carbocycles. The van der Waals surface area contributed by atoms with Gasteiger partial charge in [0, 0.05) is 17.6 Å². The van der Waals surface area contributed by atoms with Crippen LogP contribution in [0.1, 0.15) is 31.2 Å². The summed E-state index contributed by atoms with van der Waals surface area (Å²) >= 11 is 0. The summed E-state index contributed by atoms with van der Waals surface area (Å²) < 4.78 is 5.31. The molecule has 1 aromatic heterocycles. The molecule has 22 heavy (non-hydrogen) atoms. The largest absolute Gasteiger partial charge is 0.497 e. The fraction of sp³-hybridized carbons (Fsp3) is 0.500. The van der Waals surface area contributed by atoms with E-state index in [1.165, 1.54) is 0 Å². The molecule has 0 amide bonds. The zero-order valence-corrected chi connectivity index (χ0v) is 13.0. The van der Waals surface area contributed by atoms with Crippen molar-refractivity contribution in [3.05, 3.63) is 36.0 Å². The average molecular weight is 300 g/mol. The Morgan fingerprint density at radius 2 is 2.05 bits per heavy atom. The van der Waals surface area contributed by atoms with Crippen molar-refractivity contribution >= 4 is 10.9 Å². The van der Waals surface area contributed by atoms with Crippen molar-refractivity contribution < 1.29 is 9.84 Å². The molecular formula is C18H24N2O2. The number of nitrogens with two attached hydrogens (primary N) is 1. The predicted molar refractivity (Wildman–Crippen MR) is 87.9 cm³/mol. The van der Waals surface area contributed by atoms with Gasteiger partial charge in [-0.25, -0.2) is 0 Å². The quantitative estimate of drug-likeness (QED) is 0.911. The van der Waals surface area contributed by atoms with Crippen molar-refractivity contribution in [1.82, 2.24) is 4.98 Å². The summed E-state index contributed by atoms with van der Waals surface area (Å²) in [7, 11) is 1.66. The van der Waals surface area contributed by atoms with Crippen LogP contribution < -0.4 is 10.5 Å². The SMILES string of the molecule is COc1ccc2nccc(C[C@@H](O)C3CCC(N)CC3)c2c1. The molecule has 0 radical (unpaired) electrons. The maximum absolute atomic E-state index is 10.6. The van der Waals surface area contributed by atoms with Crippen LogP contribution in [0.3, 0.4) is 0 Å². The lowest BCUT2D eigenvalue weighted by molar-refractivity contribution is 0.0819. The second-order valence-corrected chi connectivity index (χ2v) is 6.30. The molecule has 0 bridgehead atoms. The van der Waals surface area contributed by atoms with E-state index in [0.29, 0.717) is 18.4 Å². The highest BCUT2D eigenvalue weighted by molar-refractivity contribution is 5.83. The highest BCUT2D eigenvalue weighted by atomic mass is 16.5. The number of aromatic nitrogens is 1. The fourth-order valence-electron chi connectivity index (χ4n) is 3.41. The van der Waals surface area contributed by atoms with E-state index in [-0.39, 0.29) is 6.10 Å². The summed E-state index contributed by atoms with van der Waals surface area (Å²) in [4.78, 5) is 4.39. The van der Waals surface area contributed by atoms with Gasteiger partial charge in [0.05, 0.1) is 18.7 Å². The minimum absolute atomic E-state index is 0.314. The molecule has 4 heteroatoms. The smallest absolute Gasteiger partial charge is 0.119 e. The first kappa shape index (κ1) is 15.3. The summed E-state index contributed by atoms with van der Waals surface area (Å²) in [6.07, 6.45) is 6.24. The van der Waals surface area contributed by atoms with Crippen molar-refractivity contribution in [2.24, 2.45) is 11.7 Å². The fourth-order valence-corrected chi connectivity index (χ4v) is 3.41. The third kappa shape index (κ3) is 3.23. The molecule has 1 saturated carbocycles. The van der Waals surface area contributed by atoms with Crippen molar-refractivity contribution in [3.63, 3.8) is 0 Å². The van der Waals surface area contributed by atoms with Crippen LogP contribution in [0.2, 0.25) is 0 Å². The lowest BCUT2D eigenvalue weighted by atomic mass is 9.81. The first-order valence-corrected chi connectivity index (χ1v) is 8.02. The van der Waals surface area contributed by atoms with Gasteiger partial charge in [-0.1, -0.05) is 0 Å². The minimum Gasteiger partial charge on any atom is -0.497 e. The van der Waals surface area contributed by atoms with Crippen molar-refractivity contribution in [2.75, 3.05) is 7.11 Å². The van der Waals surface area contributed by atoms with E-state index in [1.807, 2.05) is 30.5 Å². The van der Waals surface area contributed by atoms with E-state index in [9.17, 15) is 5.11 Å². The molecule has 2 aromatic rings. The molecule has 1 atom stereocenters. The van der Waals surface area contributed by atoms with E-state index in [1.54, 1.807) is 7.11 Å². The number of aliphatic hydroxyl groups is 1. The summed E-state index contributed by atoms with van der Waals surface area (Å²) in [5.41, 5.74) is 8.02. The predicted octanol–water partition coefficient (Wildman–Crippen LogP) is 2.66. The third-order valence-electron chi connectivity index (χ3n) is 4.83. The van der Waals surface area contributed by atoms with Gasteiger partial charge in [-0.15, -0.1) is 0 Å². The van der Waals surface area contributed by atoms with Gasteiger partial charge < -0.3 is 15.6 Å². The Hall–Kier alpha value is -1.65. The third-order valence-corrected chi connectivity index (χ3v) is 4.83. The van der Waals surface area contributed by atoms with Crippen LogP contribution in [0.4, 0.5) is 0 Å². The monoisotopic (exact) mass is 300 g/mol. The molecular weight excluding hydrogens is 276 g/mol. The Balaban J connectivity index is 1.80. The molecule has 1 aliphatic carbocycles. The number of nitrogens with zero attached hydrogens (tertiary/aromatic N) is 1. The van der Waals surface area contributed by atoms with E-state index in [4.69, 9.17) is 10.5 Å². The zero-order chi connectivity index (χ0) is 15.5. The molecule has 0 saturated heterocycles. The highest BCUT2D eigenvalue weighted by Gasteiger charge is 2.25. The average Bonchev–Trinajstić information content (AvgIpc) is 2.55. The van der Waals surface area contributed by atoms with E-state index in [0.717, 1.165) is 47.9 Å². The van der Waals surface area contributed by atoms with Crippen molar-refractivity contribution in [3.8, 4) is 5.75 Å². The Kier molecular flexibility index (Phi) is 4.60. The van der Waals surface area contributed by atoms with Gasteiger partial charge in [-0.3, -0.25) is 4.98 Å². The number of fused-ring (bicyclic) bond motifs is 1. The van der Waals surface area contributed by atoms with Crippen LogP contribution in [0, 0.1) is 5.92 Å². The Morgan fingerprint density at radius 3 is 2.77 bits per heavy atom. The number of ether oxygens (including phenoxy) is 1. The second kappa shape index (κ2) is 6.63. The van der Waals surface area contributed by atoms with Gasteiger partial charge in [0.1, 0.15) is 5.75 Å². The number of hydrogen-bond donors (Lipinski definition) is 2. The Labute approximate surface area is 131 Å². The second-order valence-electron chi connectivity index (χ2n) is 6.30. The van der Waals surface area contributed by atoms with Gasteiger partial charge in [-0.2, -0.15) is 0 Å². The lowest BCUT2D eigenvalue weighted by Gasteiger charge is -2.30. The summed E-state index contributed by atoms with van der Waals surface area (Å²) in [5.74, 6) is 1.17. The van der Waals surface area contributed by atoms with Crippen LogP contribution >= 0.6 is 0 Å². The van der Waals surface area contributed by atoms with Crippen LogP contribution in [0.5, 0.6) is 5.75 Å². The molecule has 4 nitrogen and oxygen atoms in total. The van der Waals surface area contributed by atoms with Crippen molar-refractivity contribution in [2.45, 2.75) is 44.2 Å². The summed E-state index contributed by atoms with van der Waals surface area (Å²) in [5, 5.41) is 11.7. The number of aliphatic hydroxyl groups excluding tert-OH is 1. The Morgan fingerprint density at radius 1 is 1.27 bits per heavy atom. The molecule has 1 fully saturated rings. The van der Waals surface area contributed by atoms with Gasteiger partial charge in [0.25, 0.3) is 0 Å². The first-order valence-electron chi connectivity index (χ1n) is 8.02. The molecule has 1 heterocycles. The van der Waals surface area contributed by atoms with Crippen LogP contribution in [-0.2, 0) is 6.42 Å². The van der Waals surface area contributed by atoms with E-state index in [2.05, 4.69) is 4.98 Å². The normalized spacial score (nSPS) is 23.4. The molecule has 0 aliphatic heterocycles. The maximum atomic E-state index is 10.6. The molecule has 0 unspecified atom stereocenters. The lowest BCUT2D eigenvalue weighted by Crippen LogP contribution is -2.32. The molecule has 3 rings (SSSR count). The molecule has 3 N–H and O–H groups in total. The Bertz CT molecular complexity index is 636. The summed E-state index contributed by atoms with van der Waals surface area (Å²) in [6, 6.07) is 8.19. The van der Waals surface area contributed by atoms with Crippen molar-refractivity contribution in [1.29, 1.82) is 0 Å². The number of pyridine rings is 1. The number of benzene rings is 1. The molecule has 118 valence electrons. The van der Waals surface area contributed by atoms with Gasteiger partial charge >= 0.3 is 0 Å². The highest BCUT2D eigenvalue weighted by Crippen LogP contribution is 2.29. The standard InChI is InChI=1S/C18H24N2O2/c1-22-15-6-7-17-16(11-15)13(8-9-20-17)10-18(21)12-2-4-14(19)5-3-12/h6-9,11-12,14,18,21H,2-5,10,19H2,1H3/t12?,14?,18-/m1/s1. The van der Waals surface area contributed by atoms with Gasteiger partial charge in [0.2, 0.25) is 0 Å². The first-order chi connectivity index (χ1) is 10.7. The van der Waals surface area contributed by atoms with Crippen LogP contribution in [0.25, 0.3) is 10.9 Å². The number of methoxy groups -OCH3 is 1.